The van der Waals surface area contributed by atoms with Gasteiger partial charge in [0, 0.05) is 11.3 Å². The summed E-state index contributed by atoms with van der Waals surface area (Å²) in [7, 11) is 0. The molecule has 150 valence electrons. The number of thioether (sulfide) groups is 1. The molecule has 1 aliphatic heterocycles. The van der Waals surface area contributed by atoms with E-state index in [1.54, 1.807) is 18.2 Å². The van der Waals surface area contributed by atoms with Crippen molar-refractivity contribution in [2.45, 2.75) is 20.8 Å². The van der Waals surface area contributed by atoms with E-state index in [0.717, 1.165) is 33.4 Å². The highest BCUT2D eigenvalue weighted by molar-refractivity contribution is 9.10. The number of imide groups is 1. The van der Waals surface area contributed by atoms with Gasteiger partial charge in [0.15, 0.2) is 0 Å². The van der Waals surface area contributed by atoms with Crippen LogP contribution in [0.4, 0.5) is 10.5 Å². The van der Waals surface area contributed by atoms with Gasteiger partial charge in [-0.2, -0.15) is 0 Å². The third kappa shape index (κ3) is 4.71. The van der Waals surface area contributed by atoms with Gasteiger partial charge in [-0.05, 0) is 95.5 Å². The molecule has 1 heterocycles. The lowest BCUT2D eigenvalue weighted by Crippen LogP contribution is -2.36. The lowest BCUT2D eigenvalue weighted by atomic mass is 10.1. The summed E-state index contributed by atoms with van der Waals surface area (Å²) in [6.07, 6.45) is 1.46. The van der Waals surface area contributed by atoms with E-state index in [4.69, 9.17) is 0 Å². The number of aromatic hydroxyl groups is 1. The molecule has 0 spiro atoms. The molecular weight excluding hydrogens is 456 g/mol. The molecular formula is C21H19BrN2O4S. The SMILES string of the molecule is Cc1cc(Br)c(O)c(/C=C2\SC(=O)N(CC(=O)Nc3ccc(C)c(C)c3)C2=O)c1. The molecule has 0 radical (unpaired) electrons. The summed E-state index contributed by atoms with van der Waals surface area (Å²) in [5.41, 5.74) is 4.04. The maximum absolute atomic E-state index is 12.6. The lowest BCUT2D eigenvalue weighted by Gasteiger charge is -2.13. The van der Waals surface area contributed by atoms with Crippen molar-refractivity contribution in [2.75, 3.05) is 11.9 Å². The van der Waals surface area contributed by atoms with E-state index >= 15 is 0 Å². The third-order valence-electron chi connectivity index (χ3n) is 4.49. The summed E-state index contributed by atoms with van der Waals surface area (Å²) in [6.45, 7) is 5.38. The van der Waals surface area contributed by atoms with E-state index < -0.39 is 17.1 Å². The number of nitrogens with one attached hydrogen (secondary N) is 1. The van der Waals surface area contributed by atoms with Crippen LogP contribution in [0.1, 0.15) is 22.3 Å². The van der Waals surface area contributed by atoms with Gasteiger partial charge in [-0.3, -0.25) is 19.3 Å². The molecule has 1 fully saturated rings. The van der Waals surface area contributed by atoms with E-state index in [2.05, 4.69) is 21.2 Å². The van der Waals surface area contributed by atoms with Crippen LogP contribution in [0.5, 0.6) is 5.75 Å². The fourth-order valence-corrected chi connectivity index (χ4v) is 4.23. The van der Waals surface area contributed by atoms with Gasteiger partial charge in [-0.1, -0.05) is 6.07 Å². The molecule has 0 saturated carbocycles. The van der Waals surface area contributed by atoms with Gasteiger partial charge in [0.25, 0.3) is 11.1 Å². The van der Waals surface area contributed by atoms with Crippen molar-refractivity contribution < 1.29 is 19.5 Å². The van der Waals surface area contributed by atoms with Crippen LogP contribution in [0.25, 0.3) is 6.08 Å². The van der Waals surface area contributed by atoms with Crippen molar-refractivity contribution in [2.24, 2.45) is 0 Å². The van der Waals surface area contributed by atoms with Gasteiger partial charge in [-0.15, -0.1) is 0 Å². The second-order valence-electron chi connectivity index (χ2n) is 6.80. The van der Waals surface area contributed by atoms with Crippen LogP contribution in [0.15, 0.2) is 39.7 Å². The van der Waals surface area contributed by atoms with Crippen molar-refractivity contribution in [1.29, 1.82) is 0 Å². The number of amides is 3. The quantitative estimate of drug-likeness (QED) is 0.623. The van der Waals surface area contributed by atoms with Crippen molar-refractivity contribution in [3.05, 3.63) is 62.0 Å². The molecule has 0 aromatic heterocycles. The topological polar surface area (TPSA) is 86.7 Å². The molecule has 0 unspecified atom stereocenters. The highest BCUT2D eigenvalue weighted by atomic mass is 79.9. The number of carbonyl (C=O) groups excluding carboxylic acids is 3. The number of hydrogen-bond acceptors (Lipinski definition) is 5. The van der Waals surface area contributed by atoms with E-state index in [0.29, 0.717) is 15.7 Å². The van der Waals surface area contributed by atoms with Gasteiger partial charge in [0.2, 0.25) is 5.91 Å². The van der Waals surface area contributed by atoms with Gasteiger partial charge in [0.05, 0.1) is 9.38 Å². The van der Waals surface area contributed by atoms with Crippen molar-refractivity contribution >= 4 is 56.5 Å². The minimum Gasteiger partial charge on any atom is -0.506 e. The minimum atomic E-state index is -0.563. The summed E-state index contributed by atoms with van der Waals surface area (Å²) in [6, 6.07) is 8.95. The molecule has 0 atom stereocenters. The zero-order chi connectivity index (χ0) is 21.3. The number of nitrogens with zero attached hydrogens (tertiary/aromatic N) is 1. The summed E-state index contributed by atoms with van der Waals surface area (Å²) in [5, 5.41) is 12.4. The Bertz CT molecular complexity index is 1060. The van der Waals surface area contributed by atoms with Crippen LogP contribution >= 0.6 is 27.7 Å². The Morgan fingerprint density at radius 3 is 2.59 bits per heavy atom. The number of phenols is 1. The Morgan fingerprint density at radius 1 is 1.17 bits per heavy atom. The molecule has 1 saturated heterocycles. The predicted octanol–water partition coefficient (Wildman–Crippen LogP) is 4.75. The minimum absolute atomic E-state index is 0.0186. The number of benzene rings is 2. The average molecular weight is 475 g/mol. The first kappa shape index (κ1) is 21.1. The van der Waals surface area contributed by atoms with Gasteiger partial charge >= 0.3 is 0 Å². The summed E-state index contributed by atoms with van der Waals surface area (Å²) in [5.74, 6) is -1.04. The first-order valence-corrected chi connectivity index (χ1v) is 10.4. The molecule has 29 heavy (non-hydrogen) atoms. The molecule has 0 aliphatic carbocycles. The number of rotatable bonds is 4. The number of anilines is 1. The van der Waals surface area contributed by atoms with Crippen molar-refractivity contribution in [3.63, 3.8) is 0 Å². The van der Waals surface area contributed by atoms with E-state index in [-0.39, 0.29) is 17.2 Å². The monoisotopic (exact) mass is 474 g/mol. The highest BCUT2D eigenvalue weighted by Crippen LogP contribution is 2.36. The largest absolute Gasteiger partial charge is 0.506 e. The van der Waals surface area contributed by atoms with Crippen LogP contribution in [0.3, 0.4) is 0 Å². The molecule has 2 aromatic carbocycles. The maximum atomic E-state index is 12.6. The Hall–Kier alpha value is -2.58. The van der Waals surface area contributed by atoms with Crippen LogP contribution in [-0.2, 0) is 9.59 Å². The number of aryl methyl sites for hydroxylation is 3. The maximum Gasteiger partial charge on any atom is 0.294 e. The van der Waals surface area contributed by atoms with Gasteiger partial charge in [0.1, 0.15) is 12.3 Å². The molecule has 3 rings (SSSR count). The van der Waals surface area contributed by atoms with E-state index in [9.17, 15) is 19.5 Å². The third-order valence-corrected chi connectivity index (χ3v) is 6.00. The number of phenolic OH excluding ortho intramolecular Hbond substituents is 1. The average Bonchev–Trinajstić information content (AvgIpc) is 2.90. The molecule has 2 N–H and O–H groups in total. The van der Waals surface area contributed by atoms with Crippen molar-refractivity contribution in [3.8, 4) is 5.75 Å². The lowest BCUT2D eigenvalue weighted by molar-refractivity contribution is -0.127. The van der Waals surface area contributed by atoms with Crippen LogP contribution in [-0.4, -0.2) is 33.6 Å². The second-order valence-corrected chi connectivity index (χ2v) is 8.65. The number of halogens is 1. The molecule has 3 amide bonds. The van der Waals surface area contributed by atoms with E-state index in [1.807, 2.05) is 32.9 Å². The van der Waals surface area contributed by atoms with Crippen molar-refractivity contribution in [1.82, 2.24) is 4.90 Å². The normalized spacial score (nSPS) is 15.3. The zero-order valence-corrected chi connectivity index (χ0v) is 18.5. The van der Waals surface area contributed by atoms with Crippen LogP contribution in [0.2, 0.25) is 0 Å². The molecule has 6 nitrogen and oxygen atoms in total. The number of hydrogen-bond donors (Lipinski definition) is 2. The highest BCUT2D eigenvalue weighted by Gasteiger charge is 2.36. The summed E-state index contributed by atoms with van der Waals surface area (Å²) < 4.78 is 0.496. The van der Waals surface area contributed by atoms with E-state index in [1.165, 1.54) is 6.08 Å². The predicted molar refractivity (Wildman–Crippen MR) is 118 cm³/mol. The summed E-state index contributed by atoms with van der Waals surface area (Å²) >= 11 is 4.00. The Balaban J connectivity index is 1.75. The van der Waals surface area contributed by atoms with Gasteiger partial charge < -0.3 is 10.4 Å². The zero-order valence-electron chi connectivity index (χ0n) is 16.1. The number of carbonyl (C=O) groups is 3. The smallest absolute Gasteiger partial charge is 0.294 e. The fourth-order valence-electron chi connectivity index (χ4n) is 2.81. The van der Waals surface area contributed by atoms with Gasteiger partial charge in [-0.25, -0.2) is 0 Å². The standard InChI is InChI=1S/C21H19BrN2O4S/c1-11-6-14(19(26)16(22)7-11)9-17-20(27)24(21(28)29-17)10-18(25)23-15-5-4-12(2)13(3)8-15/h4-9,26H,10H2,1-3H3,(H,23,25)/b17-9-. The van der Waals surface area contributed by atoms with Crippen LogP contribution in [0, 0.1) is 20.8 Å². The first-order chi connectivity index (χ1) is 13.7. The molecule has 8 heteroatoms. The van der Waals surface area contributed by atoms with Crippen LogP contribution < -0.4 is 5.32 Å². The second kappa shape index (κ2) is 8.42. The first-order valence-electron chi connectivity index (χ1n) is 8.77. The molecule has 0 bridgehead atoms. The summed E-state index contributed by atoms with van der Waals surface area (Å²) in [4.78, 5) is 38.3. The Kier molecular flexibility index (Phi) is 6.14. The molecule has 1 aliphatic rings. The fraction of sp³-hybridized carbons (Fsp3) is 0.190. The Labute approximate surface area is 181 Å². The Morgan fingerprint density at radius 2 is 1.90 bits per heavy atom. The molecule has 2 aromatic rings.